The van der Waals surface area contributed by atoms with Crippen LogP contribution in [0.4, 0.5) is 19.0 Å². The van der Waals surface area contributed by atoms with Crippen molar-refractivity contribution < 1.29 is 40.5 Å². The second-order valence-corrected chi connectivity index (χ2v) is 18.0. The van der Waals surface area contributed by atoms with Crippen LogP contribution >= 0.6 is 19.4 Å². The minimum atomic E-state index is -4.33. The summed E-state index contributed by atoms with van der Waals surface area (Å²) >= 11 is 6.17. The molecule has 2 aliphatic rings. The van der Waals surface area contributed by atoms with Crippen molar-refractivity contribution in [1.29, 1.82) is 0 Å². The zero-order valence-electron chi connectivity index (χ0n) is 22.6. The normalized spacial score (nSPS) is 29.0. The first kappa shape index (κ1) is 31.2. The predicted molar refractivity (Wildman–Crippen MR) is 143 cm³/mol. The van der Waals surface area contributed by atoms with Crippen LogP contribution in [-0.4, -0.2) is 49.2 Å². The van der Waals surface area contributed by atoms with Gasteiger partial charge < -0.3 is 14.9 Å². The molecule has 5 atom stereocenters. The second kappa shape index (κ2) is 11.1. The highest BCUT2D eigenvalue weighted by molar-refractivity contribution is 7.48. The summed E-state index contributed by atoms with van der Waals surface area (Å²) in [6.45, 7) is 8.43. The molecule has 10 nitrogen and oxygen atoms in total. The largest absolute Gasteiger partial charge is 0.475 e. The maximum atomic E-state index is 16.0. The smallest absolute Gasteiger partial charge is 0.405 e. The maximum Gasteiger partial charge on any atom is 0.475 e. The summed E-state index contributed by atoms with van der Waals surface area (Å²) in [6.07, 6.45) is -5.16. The Labute approximate surface area is 235 Å². The van der Waals surface area contributed by atoms with E-state index in [4.69, 9.17) is 40.1 Å². The lowest BCUT2D eigenvalue weighted by Crippen LogP contribution is -2.52. The summed E-state index contributed by atoms with van der Waals surface area (Å²) in [5, 5.41) is -0.266. The van der Waals surface area contributed by atoms with Gasteiger partial charge in [-0.2, -0.15) is 13.8 Å². The molecule has 2 N–H and O–H groups in total. The number of phosphoric ester groups is 1. The maximum absolute atomic E-state index is 16.0. The Morgan fingerprint density at radius 2 is 2.00 bits per heavy atom. The average molecular weight is 626 g/mol. The molecule has 0 unspecified atom stereocenters. The quantitative estimate of drug-likeness (QED) is 0.298. The highest BCUT2D eigenvalue weighted by atomic mass is 35.5. The number of benzene rings is 1. The third-order valence-electron chi connectivity index (χ3n) is 7.27. The molecule has 1 aromatic carbocycles. The molecular weight excluding hydrogens is 594 g/mol. The van der Waals surface area contributed by atoms with Crippen molar-refractivity contribution in [3.63, 3.8) is 0 Å². The van der Waals surface area contributed by atoms with E-state index in [1.807, 2.05) is 20.8 Å². The Morgan fingerprint density at radius 3 is 2.65 bits per heavy atom. The first-order chi connectivity index (χ1) is 18.4. The van der Waals surface area contributed by atoms with Gasteiger partial charge in [0.05, 0.1) is 19.3 Å². The molecule has 2 aliphatic heterocycles. The first-order valence-corrected chi connectivity index (χ1v) is 17.3. The minimum absolute atomic E-state index is 0.0878. The number of anilines is 1. The molecule has 4 rings (SSSR count). The molecule has 0 spiro atoms. The highest BCUT2D eigenvalue weighted by Gasteiger charge is 2.63. The number of phosphoric acid groups is 1. The summed E-state index contributed by atoms with van der Waals surface area (Å²) < 4.78 is 87.7. The number of alkyl halides is 2. The van der Waals surface area contributed by atoms with E-state index in [0.29, 0.717) is 4.57 Å². The van der Waals surface area contributed by atoms with Gasteiger partial charge in [-0.3, -0.25) is 18.1 Å². The van der Waals surface area contributed by atoms with Crippen LogP contribution in [0.1, 0.15) is 45.1 Å². The first-order valence-electron chi connectivity index (χ1n) is 12.5. The standard InChI is InChI=1S/C24H32ClF3N3O7PSi/c1-23(2,3)40(4,5)38-20-18(36-21(24(20,27)28)31-10-8-19(29)30-22(31)32)13-35-39(33)34-11-9-17(37-39)15-12-14(26)6-7-16(15)25/h6-8,10,12,17-18,20-21H,9,11,13H2,1-5H3,(H2,29,30,32)/t17-,18-,20-,21-,39+/m1/s1. The van der Waals surface area contributed by atoms with Gasteiger partial charge in [-0.15, -0.1) is 0 Å². The van der Waals surface area contributed by atoms with Crippen molar-refractivity contribution in [2.24, 2.45) is 0 Å². The molecule has 0 saturated carbocycles. The van der Waals surface area contributed by atoms with E-state index in [1.165, 1.54) is 18.2 Å². The van der Waals surface area contributed by atoms with Crippen LogP contribution in [0.5, 0.6) is 0 Å². The molecule has 0 aliphatic carbocycles. The van der Waals surface area contributed by atoms with Gasteiger partial charge in [0.15, 0.2) is 8.32 Å². The van der Waals surface area contributed by atoms with E-state index in [9.17, 15) is 13.8 Å². The monoisotopic (exact) mass is 625 g/mol. The molecule has 2 aromatic rings. The lowest BCUT2D eigenvalue weighted by Gasteiger charge is -2.40. The number of nitrogens with two attached hydrogens (primary N) is 1. The van der Waals surface area contributed by atoms with Gasteiger partial charge in [-0.25, -0.2) is 13.8 Å². The van der Waals surface area contributed by atoms with Crippen LogP contribution < -0.4 is 11.4 Å². The number of hydrogen-bond acceptors (Lipinski definition) is 9. The summed E-state index contributed by atoms with van der Waals surface area (Å²) in [4.78, 5) is 15.9. The summed E-state index contributed by atoms with van der Waals surface area (Å²) in [7, 11) is -7.16. The lowest BCUT2D eigenvalue weighted by molar-refractivity contribution is -0.138. The predicted octanol–water partition coefficient (Wildman–Crippen LogP) is 5.84. The molecule has 0 radical (unpaired) electrons. The minimum Gasteiger partial charge on any atom is -0.405 e. The number of nitrogens with zero attached hydrogens (tertiary/aromatic N) is 2. The zero-order chi connectivity index (χ0) is 29.7. The van der Waals surface area contributed by atoms with Crippen LogP contribution in [0.25, 0.3) is 0 Å². The summed E-state index contributed by atoms with van der Waals surface area (Å²) in [5.74, 6) is -4.45. The molecule has 2 saturated heterocycles. The Balaban J connectivity index is 1.60. The Hall–Kier alpha value is -1.77. The fourth-order valence-electron chi connectivity index (χ4n) is 4.06. The summed E-state index contributed by atoms with van der Waals surface area (Å²) in [5.41, 5.74) is 4.72. The molecule has 222 valence electrons. The second-order valence-electron chi connectivity index (χ2n) is 11.2. The van der Waals surface area contributed by atoms with E-state index in [1.54, 1.807) is 13.1 Å². The van der Waals surface area contributed by atoms with E-state index in [0.717, 1.165) is 12.3 Å². The number of nitrogen functional groups attached to an aromatic ring is 1. The van der Waals surface area contributed by atoms with E-state index in [2.05, 4.69) is 4.98 Å². The number of rotatable bonds is 7. The fourth-order valence-corrected chi connectivity index (χ4v) is 6.99. The van der Waals surface area contributed by atoms with E-state index >= 15 is 8.78 Å². The lowest BCUT2D eigenvalue weighted by atomic mass is 10.1. The number of halogens is 4. The topological polar surface area (TPSA) is 124 Å². The fraction of sp³-hybridized carbons (Fsp3) is 0.583. The molecule has 40 heavy (non-hydrogen) atoms. The zero-order valence-corrected chi connectivity index (χ0v) is 25.3. The van der Waals surface area contributed by atoms with Crippen molar-refractivity contribution >= 4 is 33.6 Å². The van der Waals surface area contributed by atoms with Crippen molar-refractivity contribution in [1.82, 2.24) is 9.55 Å². The molecule has 1 aromatic heterocycles. The third kappa shape index (κ3) is 6.34. The van der Waals surface area contributed by atoms with Crippen molar-refractivity contribution in [2.45, 2.75) is 75.8 Å². The average Bonchev–Trinajstić information content (AvgIpc) is 3.08. The molecule has 3 heterocycles. The van der Waals surface area contributed by atoms with Crippen LogP contribution in [0.3, 0.4) is 0 Å². The number of ether oxygens (including phenoxy) is 1. The Kier molecular flexibility index (Phi) is 8.68. The van der Waals surface area contributed by atoms with Crippen molar-refractivity contribution in [3.8, 4) is 0 Å². The van der Waals surface area contributed by atoms with Gasteiger partial charge in [-0.1, -0.05) is 32.4 Å². The van der Waals surface area contributed by atoms with Crippen molar-refractivity contribution in [2.75, 3.05) is 18.9 Å². The Bertz CT molecular complexity index is 1360. The summed E-state index contributed by atoms with van der Waals surface area (Å²) in [6, 6.07) is 4.84. The van der Waals surface area contributed by atoms with Crippen LogP contribution in [0, 0.1) is 5.82 Å². The van der Waals surface area contributed by atoms with Gasteiger partial charge in [0.25, 0.3) is 0 Å². The van der Waals surface area contributed by atoms with Crippen molar-refractivity contribution in [3.05, 3.63) is 57.3 Å². The molecule has 0 bridgehead atoms. The van der Waals surface area contributed by atoms with Gasteiger partial charge in [0.2, 0.25) is 6.23 Å². The molecule has 16 heteroatoms. The van der Waals surface area contributed by atoms with Gasteiger partial charge >= 0.3 is 19.4 Å². The SMILES string of the molecule is CC(C)(C)[Si](C)(C)O[C@@H]1[C@@H](CO[P@]2(=O)OCC[C@H](c3cc(F)ccc3Cl)O2)O[C@@H](n2ccc(N)nc2=O)C1(F)F. The van der Waals surface area contributed by atoms with E-state index < -0.39 is 69.8 Å². The van der Waals surface area contributed by atoms with Gasteiger partial charge in [-0.05, 0) is 42.4 Å². The van der Waals surface area contributed by atoms with Crippen LogP contribution in [-0.2, 0) is 27.3 Å². The van der Waals surface area contributed by atoms with E-state index in [-0.39, 0.29) is 29.4 Å². The number of hydrogen-bond donors (Lipinski definition) is 1. The third-order valence-corrected chi connectivity index (χ3v) is 13.5. The van der Waals surface area contributed by atoms with Crippen LogP contribution in [0.2, 0.25) is 23.2 Å². The molecule has 2 fully saturated rings. The number of aromatic nitrogens is 2. The molecule has 0 amide bonds. The molecular formula is C24H32ClF3N3O7PSi. The van der Waals surface area contributed by atoms with Gasteiger partial charge in [0.1, 0.15) is 23.8 Å². The van der Waals surface area contributed by atoms with Crippen LogP contribution in [0.15, 0.2) is 35.3 Å². The Morgan fingerprint density at radius 1 is 1.30 bits per heavy atom. The highest BCUT2D eigenvalue weighted by Crippen LogP contribution is 2.58. The van der Waals surface area contributed by atoms with Gasteiger partial charge in [0, 0.05) is 23.2 Å².